The molecule has 22 heavy (non-hydrogen) atoms. The Morgan fingerprint density at radius 1 is 1.09 bits per heavy atom. The molecule has 0 bridgehead atoms. The molecule has 1 aromatic rings. The van der Waals surface area contributed by atoms with Gasteiger partial charge in [0.15, 0.2) is 0 Å². The third kappa shape index (κ3) is 4.86. The van der Waals surface area contributed by atoms with E-state index in [9.17, 15) is 13.2 Å². The lowest BCUT2D eigenvalue weighted by atomic mass is 9.91. The highest BCUT2D eigenvalue weighted by molar-refractivity contribution is 5.85. The lowest BCUT2D eigenvalue weighted by molar-refractivity contribution is -0.148. The van der Waals surface area contributed by atoms with Crippen molar-refractivity contribution in [1.82, 2.24) is 10.2 Å². The fraction of sp³-hybridized carbons (Fsp3) is 0.625. The summed E-state index contributed by atoms with van der Waals surface area (Å²) in [6.45, 7) is 8.63. The van der Waals surface area contributed by atoms with Gasteiger partial charge in [0.05, 0.1) is 6.42 Å². The van der Waals surface area contributed by atoms with Crippen LogP contribution in [-0.4, -0.2) is 37.3 Å². The van der Waals surface area contributed by atoms with Crippen molar-refractivity contribution in [2.24, 2.45) is 0 Å². The van der Waals surface area contributed by atoms with E-state index in [0.29, 0.717) is 13.1 Å². The van der Waals surface area contributed by atoms with E-state index in [1.54, 1.807) is 0 Å². The molecule has 0 amide bonds. The van der Waals surface area contributed by atoms with E-state index in [2.05, 4.69) is 5.32 Å². The van der Waals surface area contributed by atoms with Gasteiger partial charge in [-0.25, -0.2) is 0 Å². The molecule has 1 aliphatic rings. The summed E-state index contributed by atoms with van der Waals surface area (Å²) in [4.78, 5) is 1.97. The van der Waals surface area contributed by atoms with Crippen LogP contribution in [0.25, 0.3) is 0 Å². The number of aryl methyl sites for hydroxylation is 3. The number of piperazine rings is 1. The molecule has 0 radical (unpaired) electrons. The first-order valence-electron chi connectivity index (χ1n) is 7.37. The maximum Gasteiger partial charge on any atom is 0.390 e. The molecule has 1 aromatic carbocycles. The summed E-state index contributed by atoms with van der Waals surface area (Å²) in [6, 6.07) is 3.38. The Balaban J connectivity index is 0.00000242. The van der Waals surface area contributed by atoms with Crippen molar-refractivity contribution in [3.8, 4) is 0 Å². The minimum atomic E-state index is -4.15. The van der Waals surface area contributed by atoms with Crippen molar-refractivity contribution in [2.75, 3.05) is 26.2 Å². The first kappa shape index (κ1) is 19.3. The summed E-state index contributed by atoms with van der Waals surface area (Å²) in [5.74, 6) is 0. The molecule has 6 heteroatoms. The van der Waals surface area contributed by atoms with Gasteiger partial charge < -0.3 is 5.32 Å². The molecule has 1 N–H and O–H groups in total. The highest BCUT2D eigenvalue weighted by Gasteiger charge is 2.37. The van der Waals surface area contributed by atoms with Gasteiger partial charge in [-0.1, -0.05) is 17.7 Å². The van der Waals surface area contributed by atoms with E-state index in [-0.39, 0.29) is 12.4 Å². The highest BCUT2D eigenvalue weighted by Crippen LogP contribution is 2.37. The molecular formula is C16H24ClF3N2. The van der Waals surface area contributed by atoms with Gasteiger partial charge in [0.25, 0.3) is 0 Å². The van der Waals surface area contributed by atoms with Crippen LogP contribution < -0.4 is 5.32 Å². The third-order valence-electron chi connectivity index (χ3n) is 4.09. The van der Waals surface area contributed by atoms with Gasteiger partial charge in [-0.05, 0) is 37.5 Å². The average molecular weight is 337 g/mol. The van der Waals surface area contributed by atoms with E-state index < -0.39 is 18.6 Å². The van der Waals surface area contributed by atoms with Gasteiger partial charge >= 0.3 is 6.18 Å². The van der Waals surface area contributed by atoms with Crippen LogP contribution in [0.1, 0.15) is 34.7 Å². The highest BCUT2D eigenvalue weighted by atomic mass is 35.5. The monoisotopic (exact) mass is 336 g/mol. The molecule has 1 heterocycles. The second-order valence-corrected chi connectivity index (χ2v) is 5.93. The second kappa shape index (κ2) is 7.66. The van der Waals surface area contributed by atoms with Crippen molar-refractivity contribution in [3.63, 3.8) is 0 Å². The van der Waals surface area contributed by atoms with E-state index in [4.69, 9.17) is 0 Å². The first-order chi connectivity index (χ1) is 9.78. The topological polar surface area (TPSA) is 15.3 Å². The smallest absolute Gasteiger partial charge is 0.314 e. The SMILES string of the molecule is Cc1cc(C)c([C@@H](CC(F)(F)F)N2CCNCC2)c(C)c1.Cl. The van der Waals surface area contributed by atoms with Crippen LogP contribution in [0, 0.1) is 20.8 Å². The van der Waals surface area contributed by atoms with Crippen molar-refractivity contribution in [3.05, 3.63) is 34.4 Å². The van der Waals surface area contributed by atoms with Crippen molar-refractivity contribution < 1.29 is 13.2 Å². The number of nitrogens with zero attached hydrogens (tertiary/aromatic N) is 1. The molecule has 0 spiro atoms. The van der Waals surface area contributed by atoms with E-state index in [0.717, 1.165) is 35.3 Å². The molecule has 1 saturated heterocycles. The molecule has 0 saturated carbocycles. The molecular weight excluding hydrogens is 313 g/mol. The number of hydrogen-bond acceptors (Lipinski definition) is 2. The summed E-state index contributed by atoms with van der Waals surface area (Å²) in [7, 11) is 0. The Bertz CT molecular complexity index is 474. The number of halogens is 4. The number of rotatable bonds is 3. The number of benzene rings is 1. The van der Waals surface area contributed by atoms with Crippen molar-refractivity contribution in [2.45, 2.75) is 39.4 Å². The summed E-state index contributed by atoms with van der Waals surface area (Å²) in [5.41, 5.74) is 3.86. The Kier molecular flexibility index (Phi) is 6.71. The van der Waals surface area contributed by atoms with E-state index in [1.807, 2.05) is 37.8 Å². The normalized spacial score (nSPS) is 17.9. The lowest BCUT2D eigenvalue weighted by Gasteiger charge is -2.37. The van der Waals surface area contributed by atoms with Gasteiger partial charge in [0.1, 0.15) is 0 Å². The predicted octanol–water partition coefficient (Wildman–Crippen LogP) is 3.93. The quantitative estimate of drug-likeness (QED) is 0.899. The molecule has 0 aliphatic carbocycles. The standard InChI is InChI=1S/C16H23F3N2.ClH/c1-11-8-12(2)15(13(3)9-11)14(10-16(17,18)19)21-6-4-20-5-7-21;/h8-9,14,20H,4-7,10H2,1-3H3;1H/t14-;/m1./s1. The van der Waals surface area contributed by atoms with Gasteiger partial charge in [-0.3, -0.25) is 4.90 Å². The largest absolute Gasteiger partial charge is 0.390 e. The van der Waals surface area contributed by atoms with Crippen LogP contribution >= 0.6 is 12.4 Å². The summed E-state index contributed by atoms with van der Waals surface area (Å²) in [5, 5.41) is 3.20. The number of hydrogen-bond donors (Lipinski definition) is 1. The van der Waals surface area contributed by atoms with Gasteiger partial charge in [-0.15, -0.1) is 12.4 Å². The molecule has 2 nitrogen and oxygen atoms in total. The fourth-order valence-electron chi connectivity index (χ4n) is 3.34. The summed E-state index contributed by atoms with van der Waals surface area (Å²) < 4.78 is 39.1. The van der Waals surface area contributed by atoms with Crippen LogP contribution in [-0.2, 0) is 0 Å². The average Bonchev–Trinajstić information content (AvgIpc) is 2.36. The maximum atomic E-state index is 13.0. The number of nitrogens with one attached hydrogen (secondary N) is 1. The molecule has 0 unspecified atom stereocenters. The Morgan fingerprint density at radius 3 is 2.05 bits per heavy atom. The molecule has 1 aliphatic heterocycles. The molecule has 1 atom stereocenters. The molecule has 2 rings (SSSR count). The van der Waals surface area contributed by atoms with Crippen LogP contribution in [0.2, 0.25) is 0 Å². The minimum Gasteiger partial charge on any atom is -0.314 e. The third-order valence-corrected chi connectivity index (χ3v) is 4.09. The zero-order valence-corrected chi connectivity index (χ0v) is 14.1. The predicted molar refractivity (Wildman–Crippen MR) is 85.8 cm³/mol. The fourth-order valence-corrected chi connectivity index (χ4v) is 3.34. The zero-order chi connectivity index (χ0) is 15.6. The van der Waals surface area contributed by atoms with E-state index in [1.165, 1.54) is 0 Å². The Morgan fingerprint density at radius 2 is 1.59 bits per heavy atom. The zero-order valence-electron chi connectivity index (χ0n) is 13.3. The molecule has 126 valence electrons. The van der Waals surface area contributed by atoms with Gasteiger partial charge in [-0.2, -0.15) is 13.2 Å². The minimum absolute atomic E-state index is 0. The second-order valence-electron chi connectivity index (χ2n) is 5.93. The van der Waals surface area contributed by atoms with Crippen LogP contribution in [0.3, 0.4) is 0 Å². The molecule has 1 fully saturated rings. The van der Waals surface area contributed by atoms with Gasteiger partial charge in [0, 0.05) is 32.2 Å². The maximum absolute atomic E-state index is 13.0. The summed E-state index contributed by atoms with van der Waals surface area (Å²) >= 11 is 0. The number of alkyl halides is 3. The first-order valence-corrected chi connectivity index (χ1v) is 7.37. The van der Waals surface area contributed by atoms with Crippen LogP contribution in [0.15, 0.2) is 12.1 Å². The van der Waals surface area contributed by atoms with Crippen LogP contribution in [0.5, 0.6) is 0 Å². The van der Waals surface area contributed by atoms with Crippen LogP contribution in [0.4, 0.5) is 13.2 Å². The molecule has 0 aromatic heterocycles. The Labute approximate surface area is 136 Å². The summed E-state index contributed by atoms with van der Waals surface area (Å²) in [6.07, 6.45) is -4.93. The van der Waals surface area contributed by atoms with Crippen molar-refractivity contribution >= 4 is 12.4 Å². The van der Waals surface area contributed by atoms with Crippen molar-refractivity contribution in [1.29, 1.82) is 0 Å². The lowest BCUT2D eigenvalue weighted by Crippen LogP contribution is -2.46. The van der Waals surface area contributed by atoms with Gasteiger partial charge in [0.2, 0.25) is 0 Å². The Hall–Kier alpha value is -0.780. The van der Waals surface area contributed by atoms with E-state index >= 15 is 0 Å².